The molecule has 1 heterocycles. The van der Waals surface area contributed by atoms with Crippen molar-refractivity contribution in [2.45, 2.75) is 31.3 Å². The average molecular weight is 465 g/mol. The van der Waals surface area contributed by atoms with E-state index >= 15 is 0 Å². The Bertz CT molecular complexity index is 828. The molecule has 0 aromatic heterocycles. The first-order chi connectivity index (χ1) is 13.4. The van der Waals surface area contributed by atoms with Gasteiger partial charge in [0.1, 0.15) is 5.60 Å². The van der Waals surface area contributed by atoms with E-state index in [-0.39, 0.29) is 11.6 Å². The van der Waals surface area contributed by atoms with Gasteiger partial charge >= 0.3 is 0 Å². The molecule has 4 nitrogen and oxygen atoms in total. The Morgan fingerprint density at radius 3 is 2.18 bits per heavy atom. The van der Waals surface area contributed by atoms with Crippen LogP contribution in [-0.4, -0.2) is 46.8 Å². The van der Waals surface area contributed by atoms with Crippen LogP contribution in [-0.2, 0) is 0 Å². The molecular formula is C22H23BrClNO3. The number of carbonyl (C=O) groups is 2. The summed E-state index contributed by atoms with van der Waals surface area (Å²) in [5, 5.41) is 11.4. The van der Waals surface area contributed by atoms with E-state index in [9.17, 15) is 14.7 Å². The van der Waals surface area contributed by atoms with E-state index < -0.39 is 5.60 Å². The lowest BCUT2D eigenvalue weighted by Crippen LogP contribution is -2.49. The van der Waals surface area contributed by atoms with Gasteiger partial charge in [-0.2, -0.15) is 0 Å². The zero-order chi connectivity index (χ0) is 20.1. The van der Waals surface area contributed by atoms with Gasteiger partial charge in [0.15, 0.2) is 11.6 Å². The Balaban J connectivity index is 1.46. The number of ketones is 2. The first kappa shape index (κ1) is 21.2. The highest BCUT2D eigenvalue weighted by molar-refractivity contribution is 9.10. The van der Waals surface area contributed by atoms with Crippen LogP contribution in [0.25, 0.3) is 0 Å². The van der Waals surface area contributed by atoms with Gasteiger partial charge in [0.25, 0.3) is 0 Å². The van der Waals surface area contributed by atoms with Crippen molar-refractivity contribution in [2.24, 2.45) is 0 Å². The number of rotatable bonds is 7. The zero-order valence-corrected chi connectivity index (χ0v) is 17.9. The third-order valence-electron chi connectivity index (χ3n) is 5.26. The molecule has 0 atom stereocenters. The average Bonchev–Trinajstić information content (AvgIpc) is 2.70. The Morgan fingerprint density at radius 1 is 1.00 bits per heavy atom. The summed E-state index contributed by atoms with van der Waals surface area (Å²) >= 11 is 9.20. The molecule has 0 amide bonds. The second-order valence-electron chi connectivity index (χ2n) is 7.24. The normalized spacial score (nSPS) is 16.7. The molecule has 1 saturated heterocycles. The molecule has 6 heteroatoms. The summed E-state index contributed by atoms with van der Waals surface area (Å²) in [6.07, 6.45) is 2.04. The van der Waals surface area contributed by atoms with Gasteiger partial charge in [0.05, 0.1) is 0 Å². The van der Waals surface area contributed by atoms with Crippen LogP contribution in [0.3, 0.4) is 0 Å². The second kappa shape index (κ2) is 9.31. The van der Waals surface area contributed by atoms with Crippen molar-refractivity contribution in [1.82, 2.24) is 4.90 Å². The van der Waals surface area contributed by atoms with Crippen molar-refractivity contribution >= 4 is 39.1 Å². The molecule has 0 saturated carbocycles. The Labute approximate surface area is 178 Å². The molecule has 0 radical (unpaired) electrons. The molecule has 1 aliphatic heterocycles. The van der Waals surface area contributed by atoms with Gasteiger partial charge in [-0.15, -0.1) is 0 Å². The van der Waals surface area contributed by atoms with Crippen LogP contribution in [0.15, 0.2) is 53.0 Å². The number of halogens is 2. The van der Waals surface area contributed by atoms with Gasteiger partial charge in [-0.25, -0.2) is 0 Å². The van der Waals surface area contributed by atoms with Gasteiger partial charge < -0.3 is 10.0 Å². The van der Waals surface area contributed by atoms with E-state index in [1.165, 1.54) is 0 Å². The number of carbonyl (C=O) groups excluding carboxylic acids is 2. The first-order valence-corrected chi connectivity index (χ1v) is 10.6. The summed E-state index contributed by atoms with van der Waals surface area (Å²) in [4.78, 5) is 27.1. The van der Waals surface area contributed by atoms with Crippen molar-refractivity contribution < 1.29 is 14.7 Å². The minimum atomic E-state index is -1.30. The standard InChI is InChI=1S/C22H23BrClNO3/c23-18-7-3-17(4-8-18)21(27)22(28)11-14-25(15-12-22)13-1-2-20(26)16-5-9-19(24)10-6-16/h3-10,28H,1-2,11-15H2. The van der Waals surface area contributed by atoms with Crippen LogP contribution in [0.5, 0.6) is 0 Å². The minimum Gasteiger partial charge on any atom is -0.382 e. The van der Waals surface area contributed by atoms with Crippen molar-refractivity contribution in [3.63, 3.8) is 0 Å². The van der Waals surface area contributed by atoms with Crippen LogP contribution in [0.1, 0.15) is 46.4 Å². The summed E-state index contributed by atoms with van der Waals surface area (Å²) in [5.74, 6) is -0.104. The van der Waals surface area contributed by atoms with Crippen LogP contribution in [0.2, 0.25) is 5.02 Å². The number of piperidine rings is 1. The van der Waals surface area contributed by atoms with Crippen LogP contribution in [0, 0.1) is 0 Å². The van der Waals surface area contributed by atoms with Gasteiger partial charge in [-0.05, 0) is 62.2 Å². The largest absolute Gasteiger partial charge is 0.382 e. The molecular weight excluding hydrogens is 442 g/mol. The summed E-state index contributed by atoms with van der Waals surface area (Å²) in [7, 11) is 0. The highest BCUT2D eigenvalue weighted by Crippen LogP contribution is 2.27. The van der Waals surface area contributed by atoms with Crippen LogP contribution >= 0.6 is 27.5 Å². The molecule has 1 N–H and O–H groups in total. The zero-order valence-electron chi connectivity index (χ0n) is 15.5. The molecule has 0 aliphatic carbocycles. The maximum Gasteiger partial charge on any atom is 0.194 e. The molecule has 0 spiro atoms. The van der Waals surface area contributed by atoms with E-state index in [4.69, 9.17) is 11.6 Å². The number of nitrogens with zero attached hydrogens (tertiary/aromatic N) is 1. The molecule has 0 unspecified atom stereocenters. The van der Waals surface area contributed by atoms with Gasteiger partial charge in [-0.1, -0.05) is 39.7 Å². The number of benzene rings is 2. The molecule has 148 valence electrons. The van der Waals surface area contributed by atoms with Crippen molar-refractivity contribution in [3.8, 4) is 0 Å². The Kier molecular flexibility index (Phi) is 7.05. The molecule has 2 aromatic carbocycles. The number of aliphatic hydroxyl groups is 1. The number of hydrogen-bond acceptors (Lipinski definition) is 4. The molecule has 3 rings (SSSR count). The summed E-state index contributed by atoms with van der Waals surface area (Å²) in [6, 6.07) is 14.0. The lowest BCUT2D eigenvalue weighted by molar-refractivity contribution is -0.00648. The smallest absolute Gasteiger partial charge is 0.194 e. The van der Waals surface area contributed by atoms with Crippen molar-refractivity contribution in [1.29, 1.82) is 0 Å². The lowest BCUT2D eigenvalue weighted by atomic mass is 9.84. The van der Waals surface area contributed by atoms with Crippen LogP contribution in [0.4, 0.5) is 0 Å². The van der Waals surface area contributed by atoms with E-state index in [0.29, 0.717) is 48.5 Å². The van der Waals surface area contributed by atoms with Crippen LogP contribution < -0.4 is 0 Å². The number of likely N-dealkylation sites (tertiary alicyclic amines) is 1. The monoisotopic (exact) mass is 463 g/mol. The fourth-order valence-electron chi connectivity index (χ4n) is 3.49. The van der Waals surface area contributed by atoms with E-state index in [2.05, 4.69) is 20.8 Å². The summed E-state index contributed by atoms with van der Waals surface area (Å²) in [6.45, 7) is 2.07. The molecule has 1 fully saturated rings. The quantitative estimate of drug-likeness (QED) is 0.599. The third kappa shape index (κ3) is 5.29. The Morgan fingerprint density at radius 2 is 1.57 bits per heavy atom. The topological polar surface area (TPSA) is 57.6 Å². The van der Waals surface area contributed by atoms with Crippen molar-refractivity contribution in [2.75, 3.05) is 19.6 Å². The lowest BCUT2D eigenvalue weighted by Gasteiger charge is -2.37. The fourth-order valence-corrected chi connectivity index (χ4v) is 3.88. The summed E-state index contributed by atoms with van der Waals surface area (Å²) < 4.78 is 0.902. The van der Waals surface area contributed by atoms with Gasteiger partial charge in [0, 0.05) is 40.1 Å². The third-order valence-corrected chi connectivity index (χ3v) is 6.04. The SMILES string of the molecule is O=C(CCCN1CCC(O)(C(=O)c2ccc(Br)cc2)CC1)c1ccc(Cl)cc1. The predicted octanol–water partition coefficient (Wildman–Crippen LogP) is 4.78. The molecule has 28 heavy (non-hydrogen) atoms. The fraction of sp³-hybridized carbons (Fsp3) is 0.364. The summed E-state index contributed by atoms with van der Waals surface area (Å²) in [5.41, 5.74) is -0.0890. The van der Waals surface area contributed by atoms with Crippen molar-refractivity contribution in [3.05, 3.63) is 69.2 Å². The first-order valence-electron chi connectivity index (χ1n) is 9.41. The minimum absolute atomic E-state index is 0.107. The number of hydrogen-bond donors (Lipinski definition) is 1. The Hall–Kier alpha value is -1.53. The molecule has 0 bridgehead atoms. The molecule has 1 aliphatic rings. The predicted molar refractivity (Wildman–Crippen MR) is 114 cm³/mol. The van der Waals surface area contributed by atoms with Gasteiger partial charge in [-0.3, -0.25) is 9.59 Å². The maximum absolute atomic E-state index is 12.7. The van der Waals surface area contributed by atoms with E-state index in [1.54, 1.807) is 36.4 Å². The maximum atomic E-state index is 12.7. The number of Topliss-reactive ketones (excluding diaryl/α,β-unsaturated/α-hetero) is 2. The second-order valence-corrected chi connectivity index (χ2v) is 8.59. The van der Waals surface area contributed by atoms with E-state index in [1.807, 2.05) is 12.1 Å². The van der Waals surface area contributed by atoms with E-state index in [0.717, 1.165) is 17.4 Å². The van der Waals surface area contributed by atoms with Gasteiger partial charge in [0.2, 0.25) is 0 Å². The molecule has 2 aromatic rings. The highest BCUT2D eigenvalue weighted by atomic mass is 79.9. The highest BCUT2D eigenvalue weighted by Gasteiger charge is 2.39.